The number of hydrogen-bond donors (Lipinski definition) is 1. The monoisotopic (exact) mass is 479 g/mol. The first kappa shape index (κ1) is 23.0. The van der Waals surface area contributed by atoms with E-state index in [9.17, 15) is 19.7 Å². The first-order valence-electron chi connectivity index (χ1n) is 9.26. The van der Waals surface area contributed by atoms with E-state index in [0.29, 0.717) is 12.2 Å². The number of rotatable bonds is 9. The second kappa shape index (κ2) is 10.6. The molecule has 1 amide bonds. The molecule has 0 bridgehead atoms. The van der Waals surface area contributed by atoms with E-state index in [2.05, 4.69) is 10.3 Å². The average Bonchev–Trinajstić information content (AvgIpc) is 3.15. The van der Waals surface area contributed by atoms with Crippen molar-refractivity contribution in [3.63, 3.8) is 0 Å². The van der Waals surface area contributed by atoms with Gasteiger partial charge in [-0.1, -0.05) is 35.5 Å². The molecule has 2 aromatic carbocycles. The number of para-hydroxylation sites is 1. The van der Waals surface area contributed by atoms with Crippen LogP contribution in [-0.2, 0) is 14.3 Å². The number of nitrogens with one attached hydrogen (secondary N) is 1. The Balaban J connectivity index is 1.43. The fourth-order valence-electron chi connectivity index (χ4n) is 2.56. The molecule has 3 aromatic rings. The molecule has 0 radical (unpaired) electrons. The third-order valence-corrected chi connectivity index (χ3v) is 6.72. The summed E-state index contributed by atoms with van der Waals surface area (Å²) in [7, 11) is 0. The van der Waals surface area contributed by atoms with Crippen LogP contribution in [-0.4, -0.2) is 33.6 Å². The summed E-state index contributed by atoms with van der Waals surface area (Å²) in [5.41, 5.74) is 0.823. The summed E-state index contributed by atoms with van der Waals surface area (Å²) in [4.78, 5) is 39.1. The molecule has 1 atom stereocenters. The number of halogens is 1. The maximum absolute atomic E-state index is 12.3. The summed E-state index contributed by atoms with van der Waals surface area (Å²) in [6.45, 7) is 1.42. The number of fused-ring (bicyclic) bond motifs is 1. The Bertz CT molecular complexity index is 1090. The number of benzene rings is 2. The fourth-order valence-corrected chi connectivity index (χ4v) is 4.80. The van der Waals surface area contributed by atoms with Gasteiger partial charge in [0.2, 0.25) is 0 Å². The largest absolute Gasteiger partial charge is 0.453 e. The lowest BCUT2D eigenvalue weighted by molar-refractivity contribution is -0.384. The quantitative estimate of drug-likeness (QED) is 0.146. The number of carbonyl (C=O) groups is 2. The lowest BCUT2D eigenvalue weighted by Crippen LogP contribution is -2.30. The van der Waals surface area contributed by atoms with Crippen LogP contribution in [0, 0.1) is 10.1 Å². The molecule has 0 fully saturated rings. The minimum Gasteiger partial charge on any atom is -0.453 e. The minimum atomic E-state index is -1.07. The third-order valence-electron chi connectivity index (χ3n) is 4.12. The van der Waals surface area contributed by atoms with Crippen molar-refractivity contribution in [3.05, 3.63) is 57.6 Å². The van der Waals surface area contributed by atoms with Gasteiger partial charge in [0.15, 0.2) is 10.4 Å². The van der Waals surface area contributed by atoms with Crippen molar-refractivity contribution in [3.8, 4) is 0 Å². The van der Waals surface area contributed by atoms with Gasteiger partial charge in [-0.15, -0.1) is 11.3 Å². The highest BCUT2D eigenvalue weighted by Gasteiger charge is 2.20. The summed E-state index contributed by atoms with van der Waals surface area (Å²) in [6, 6.07) is 11.6. The van der Waals surface area contributed by atoms with Gasteiger partial charge in [-0.05, 0) is 31.5 Å². The lowest BCUT2D eigenvalue weighted by Gasteiger charge is -2.14. The maximum Gasteiger partial charge on any atom is 0.306 e. The van der Waals surface area contributed by atoms with Gasteiger partial charge in [0, 0.05) is 24.3 Å². The van der Waals surface area contributed by atoms with Gasteiger partial charge in [-0.2, -0.15) is 0 Å². The van der Waals surface area contributed by atoms with Crippen LogP contribution < -0.4 is 5.32 Å². The molecule has 0 unspecified atom stereocenters. The summed E-state index contributed by atoms with van der Waals surface area (Å²) < 4.78 is 7.21. The zero-order valence-corrected chi connectivity index (χ0v) is 18.8. The van der Waals surface area contributed by atoms with Gasteiger partial charge in [0.25, 0.3) is 11.6 Å². The number of thioether (sulfide) groups is 1. The van der Waals surface area contributed by atoms with Crippen LogP contribution in [0.15, 0.2) is 46.8 Å². The molecule has 0 saturated heterocycles. The Morgan fingerprint density at radius 3 is 2.84 bits per heavy atom. The maximum atomic E-state index is 12.3. The number of anilines is 1. The van der Waals surface area contributed by atoms with Crippen LogP contribution in [0.2, 0.25) is 5.02 Å². The third kappa shape index (κ3) is 6.39. The average molecular weight is 480 g/mol. The van der Waals surface area contributed by atoms with E-state index in [1.54, 1.807) is 23.1 Å². The van der Waals surface area contributed by atoms with Gasteiger partial charge in [-0.25, -0.2) is 4.98 Å². The van der Waals surface area contributed by atoms with Crippen molar-refractivity contribution < 1.29 is 19.2 Å². The lowest BCUT2D eigenvalue weighted by atomic mass is 10.2. The normalized spacial score (nSPS) is 11.8. The number of ether oxygens (including phenoxy) is 1. The molecule has 11 heteroatoms. The molecule has 8 nitrogen and oxygen atoms in total. The van der Waals surface area contributed by atoms with E-state index in [4.69, 9.17) is 16.3 Å². The molecule has 0 aliphatic heterocycles. The molecule has 162 valence electrons. The smallest absolute Gasteiger partial charge is 0.306 e. The molecule has 31 heavy (non-hydrogen) atoms. The van der Waals surface area contributed by atoms with Gasteiger partial charge in [0.05, 0.1) is 25.8 Å². The molecule has 1 heterocycles. The number of amides is 1. The van der Waals surface area contributed by atoms with E-state index < -0.39 is 22.9 Å². The number of nitro benzene ring substituents is 1. The van der Waals surface area contributed by atoms with E-state index in [-0.39, 0.29) is 22.8 Å². The summed E-state index contributed by atoms with van der Waals surface area (Å²) >= 11 is 9.14. The van der Waals surface area contributed by atoms with Crippen LogP contribution in [0.3, 0.4) is 0 Å². The van der Waals surface area contributed by atoms with Gasteiger partial charge in [0.1, 0.15) is 0 Å². The number of nitrogens with zero attached hydrogens (tertiary/aromatic N) is 2. The highest BCUT2D eigenvalue weighted by Crippen LogP contribution is 2.30. The van der Waals surface area contributed by atoms with E-state index in [0.717, 1.165) is 20.6 Å². The number of non-ortho nitro benzene ring substituents is 1. The highest BCUT2D eigenvalue weighted by atomic mass is 35.5. The Morgan fingerprint density at radius 1 is 1.32 bits per heavy atom. The predicted octanol–water partition coefficient (Wildman–Crippen LogP) is 5.30. The molecule has 0 spiro atoms. The van der Waals surface area contributed by atoms with Crippen molar-refractivity contribution in [1.29, 1.82) is 0 Å². The van der Waals surface area contributed by atoms with Crippen molar-refractivity contribution >= 4 is 68.2 Å². The fraction of sp³-hybridized carbons (Fsp3) is 0.250. The van der Waals surface area contributed by atoms with Crippen molar-refractivity contribution in [2.75, 3.05) is 11.1 Å². The molecule has 1 aromatic heterocycles. The first-order chi connectivity index (χ1) is 14.8. The Labute approximate surface area is 191 Å². The zero-order chi connectivity index (χ0) is 22.4. The van der Waals surface area contributed by atoms with Crippen LogP contribution in [0.4, 0.5) is 11.4 Å². The number of nitro groups is 1. The SMILES string of the molecule is C[C@@H](OC(=O)CCCSc1nc2ccccc2s1)C(=O)Nc1cc([N+](=O)[O-])ccc1Cl. The summed E-state index contributed by atoms with van der Waals surface area (Å²) in [5, 5.41) is 13.5. The molecular formula is C20H18ClN3O5S2. The molecule has 3 rings (SSSR count). The summed E-state index contributed by atoms with van der Waals surface area (Å²) in [5.74, 6) is -0.434. The molecule has 1 N–H and O–H groups in total. The topological polar surface area (TPSA) is 111 Å². The minimum absolute atomic E-state index is 0.0796. The molecule has 0 aliphatic rings. The Hall–Kier alpha value is -2.69. The molecule has 0 aliphatic carbocycles. The zero-order valence-electron chi connectivity index (χ0n) is 16.4. The molecule has 0 saturated carbocycles. The van der Waals surface area contributed by atoms with Crippen LogP contribution >= 0.6 is 34.7 Å². The Kier molecular flexibility index (Phi) is 7.83. The van der Waals surface area contributed by atoms with Gasteiger partial charge < -0.3 is 10.1 Å². The standard InChI is InChI=1S/C20H18ClN3O5S2/c1-12(19(26)22-16-11-13(24(27)28)8-9-14(16)21)29-18(25)7-4-10-30-20-23-15-5-2-3-6-17(15)31-20/h2-3,5-6,8-9,11-12H,4,7,10H2,1H3,(H,22,26)/t12-/m1/s1. The number of thiazole rings is 1. The van der Waals surface area contributed by atoms with Gasteiger partial charge in [-0.3, -0.25) is 19.7 Å². The number of esters is 1. The number of hydrogen-bond acceptors (Lipinski definition) is 8. The van der Waals surface area contributed by atoms with Crippen LogP contribution in [0.5, 0.6) is 0 Å². The van der Waals surface area contributed by atoms with E-state index in [1.807, 2.05) is 24.3 Å². The van der Waals surface area contributed by atoms with Crippen LogP contribution in [0.25, 0.3) is 10.2 Å². The number of carbonyl (C=O) groups excluding carboxylic acids is 2. The van der Waals surface area contributed by atoms with Crippen molar-refractivity contribution in [1.82, 2.24) is 4.98 Å². The second-order valence-corrected chi connectivity index (χ2v) is 9.22. The van der Waals surface area contributed by atoms with Crippen molar-refractivity contribution in [2.45, 2.75) is 30.2 Å². The number of aromatic nitrogens is 1. The predicted molar refractivity (Wildman–Crippen MR) is 122 cm³/mol. The van der Waals surface area contributed by atoms with Gasteiger partial charge >= 0.3 is 5.97 Å². The highest BCUT2D eigenvalue weighted by molar-refractivity contribution is 8.01. The van der Waals surface area contributed by atoms with E-state index in [1.165, 1.54) is 19.1 Å². The second-order valence-electron chi connectivity index (χ2n) is 6.44. The van der Waals surface area contributed by atoms with E-state index >= 15 is 0 Å². The summed E-state index contributed by atoms with van der Waals surface area (Å²) in [6.07, 6.45) is -0.336. The van der Waals surface area contributed by atoms with Crippen LogP contribution in [0.1, 0.15) is 19.8 Å². The molecular weight excluding hydrogens is 462 g/mol. The Morgan fingerprint density at radius 2 is 2.10 bits per heavy atom. The first-order valence-corrected chi connectivity index (χ1v) is 11.4. The van der Waals surface area contributed by atoms with Crippen molar-refractivity contribution in [2.24, 2.45) is 0 Å².